The average molecular weight is 285 g/mol. The Bertz CT molecular complexity index is 589. The Morgan fingerprint density at radius 1 is 1.26 bits per heavy atom. The predicted octanol–water partition coefficient (Wildman–Crippen LogP) is 0.0625. The van der Waals surface area contributed by atoms with E-state index >= 15 is 0 Å². The molecule has 1 amide bonds. The van der Waals surface area contributed by atoms with Crippen molar-refractivity contribution in [3.63, 3.8) is 0 Å². The summed E-state index contributed by atoms with van der Waals surface area (Å²) in [5.74, 6) is 4.19. The van der Waals surface area contributed by atoms with E-state index in [-0.39, 0.29) is 0 Å². The Morgan fingerprint density at radius 3 is 2.26 bits per heavy atom. The van der Waals surface area contributed by atoms with Crippen molar-refractivity contribution in [2.45, 2.75) is 0 Å². The number of nitro groups is 2. The van der Waals surface area contributed by atoms with Gasteiger partial charge in [-0.25, -0.2) is 10.9 Å². The summed E-state index contributed by atoms with van der Waals surface area (Å²) in [6.07, 6.45) is 0. The second-order valence-corrected chi connectivity index (χ2v) is 3.65. The maximum atomic E-state index is 11.8. The van der Waals surface area contributed by atoms with Crippen LogP contribution in [0.1, 0.15) is 10.4 Å². The first-order valence-electron chi connectivity index (χ1n) is 4.57. The molecule has 0 radical (unpaired) electrons. The van der Waals surface area contributed by atoms with Crippen LogP contribution in [-0.4, -0.2) is 25.9 Å². The van der Waals surface area contributed by atoms with Crippen LogP contribution in [0.4, 0.5) is 11.4 Å². The van der Waals surface area contributed by atoms with Crippen LogP contribution in [0.15, 0.2) is 18.2 Å². The van der Waals surface area contributed by atoms with E-state index in [2.05, 4.69) is 12.2 Å². The van der Waals surface area contributed by atoms with Crippen LogP contribution in [0.3, 0.4) is 0 Å². The van der Waals surface area contributed by atoms with Crippen LogP contribution in [0.2, 0.25) is 0 Å². The largest absolute Gasteiger partial charge is 0.375 e. The molecule has 100 valence electrons. The number of hydrazine groups is 1. The van der Waals surface area contributed by atoms with Gasteiger partial charge in [0.25, 0.3) is 17.3 Å². The lowest BCUT2D eigenvalue weighted by atomic mass is 10.1. The number of hydrogen-bond donors (Lipinski definition) is 2. The maximum Gasteiger partial charge on any atom is 0.289 e. The highest BCUT2D eigenvalue weighted by Crippen LogP contribution is 2.25. The van der Waals surface area contributed by atoms with Gasteiger partial charge in [0.15, 0.2) is 5.11 Å². The fourth-order valence-electron chi connectivity index (χ4n) is 1.20. The number of carbonyl (C=O) groups is 1. The molecule has 10 nitrogen and oxygen atoms in total. The Morgan fingerprint density at radius 2 is 1.84 bits per heavy atom. The Labute approximate surface area is 110 Å². The molecule has 0 spiro atoms. The van der Waals surface area contributed by atoms with Gasteiger partial charge in [-0.05, 0) is 18.3 Å². The molecule has 4 N–H and O–H groups in total. The van der Waals surface area contributed by atoms with E-state index in [1.54, 1.807) is 0 Å². The third kappa shape index (κ3) is 2.97. The molecule has 0 aliphatic rings. The van der Waals surface area contributed by atoms with Gasteiger partial charge in [-0.2, -0.15) is 0 Å². The van der Waals surface area contributed by atoms with Gasteiger partial charge in [0.05, 0.1) is 15.9 Å². The van der Waals surface area contributed by atoms with Crippen molar-refractivity contribution in [3.8, 4) is 0 Å². The highest BCUT2D eigenvalue weighted by atomic mass is 32.1. The zero-order chi connectivity index (χ0) is 14.7. The molecule has 0 fully saturated rings. The smallest absolute Gasteiger partial charge is 0.289 e. The fourth-order valence-corrected chi connectivity index (χ4v) is 1.28. The van der Waals surface area contributed by atoms with Gasteiger partial charge in [-0.15, -0.1) is 0 Å². The number of non-ortho nitro benzene ring substituents is 1. The van der Waals surface area contributed by atoms with Crippen molar-refractivity contribution in [3.05, 3.63) is 44.0 Å². The number of nitrogens with zero attached hydrogens (tertiary/aromatic N) is 3. The van der Waals surface area contributed by atoms with E-state index in [1.807, 2.05) is 0 Å². The van der Waals surface area contributed by atoms with E-state index in [9.17, 15) is 25.0 Å². The van der Waals surface area contributed by atoms with E-state index in [1.165, 1.54) is 0 Å². The normalized spacial score (nSPS) is 9.74. The highest BCUT2D eigenvalue weighted by molar-refractivity contribution is 7.80. The summed E-state index contributed by atoms with van der Waals surface area (Å²) >= 11 is 4.45. The molecule has 1 aromatic rings. The lowest BCUT2D eigenvalue weighted by Crippen LogP contribution is -2.45. The topological polar surface area (TPSA) is 159 Å². The number of nitro benzene ring substituents is 2. The molecule has 19 heavy (non-hydrogen) atoms. The summed E-state index contributed by atoms with van der Waals surface area (Å²) in [7, 11) is 0. The van der Waals surface area contributed by atoms with Crippen molar-refractivity contribution in [1.29, 1.82) is 0 Å². The van der Waals surface area contributed by atoms with Crippen molar-refractivity contribution >= 4 is 34.6 Å². The number of nitrogens with two attached hydrogens (primary N) is 2. The minimum atomic E-state index is -1.03. The van der Waals surface area contributed by atoms with Gasteiger partial charge in [0, 0.05) is 6.07 Å². The van der Waals surface area contributed by atoms with Gasteiger partial charge < -0.3 is 5.73 Å². The van der Waals surface area contributed by atoms with Gasteiger partial charge >= 0.3 is 0 Å². The van der Waals surface area contributed by atoms with Crippen LogP contribution in [-0.2, 0) is 0 Å². The Kier molecular flexibility index (Phi) is 4.04. The van der Waals surface area contributed by atoms with Crippen LogP contribution in [0.5, 0.6) is 0 Å². The zero-order valence-electron chi connectivity index (χ0n) is 9.18. The SMILES string of the molecule is NC(=S)N(N)C(=O)c1ccc([N+](=O)[O-])cc1[N+](=O)[O-]. The highest BCUT2D eigenvalue weighted by Gasteiger charge is 2.27. The first-order chi connectivity index (χ1) is 8.75. The summed E-state index contributed by atoms with van der Waals surface area (Å²) in [5, 5.41) is 21.2. The molecule has 0 heterocycles. The summed E-state index contributed by atoms with van der Waals surface area (Å²) < 4.78 is 0. The number of thiocarbonyl (C=S) groups is 1. The predicted molar refractivity (Wildman–Crippen MR) is 66.9 cm³/mol. The number of amides is 1. The Hall–Kier alpha value is -2.66. The summed E-state index contributed by atoms with van der Waals surface area (Å²) in [6, 6.07) is 2.50. The van der Waals surface area contributed by atoms with Crippen molar-refractivity contribution in [1.82, 2.24) is 5.01 Å². The molecule has 0 aliphatic carbocycles. The third-order valence-electron chi connectivity index (χ3n) is 2.08. The standard InChI is InChI=1S/C8H7N5O5S/c9-8(19)11(10)7(14)5-2-1-4(12(15)16)3-6(5)13(17)18/h1-3H,10H2,(H2,9,19). The summed E-state index contributed by atoms with van der Waals surface area (Å²) in [6.45, 7) is 0. The number of benzene rings is 1. The Balaban J connectivity index is 3.36. The molecule has 11 heteroatoms. The molecule has 0 saturated carbocycles. The second-order valence-electron chi connectivity index (χ2n) is 3.23. The van der Waals surface area contributed by atoms with Gasteiger partial charge in [-0.3, -0.25) is 25.0 Å². The minimum Gasteiger partial charge on any atom is -0.375 e. The van der Waals surface area contributed by atoms with Gasteiger partial charge in [0.2, 0.25) is 0 Å². The first kappa shape index (κ1) is 14.4. The van der Waals surface area contributed by atoms with Gasteiger partial charge in [-0.1, -0.05) is 0 Å². The van der Waals surface area contributed by atoms with Crippen molar-refractivity contribution in [2.24, 2.45) is 11.6 Å². The molecule has 0 saturated heterocycles. The maximum absolute atomic E-state index is 11.8. The second kappa shape index (κ2) is 5.32. The number of hydrogen-bond acceptors (Lipinski definition) is 7. The quantitative estimate of drug-likeness (QED) is 0.259. The number of carbonyl (C=O) groups excluding carboxylic acids is 1. The summed E-state index contributed by atoms with van der Waals surface area (Å²) in [4.78, 5) is 31.3. The fraction of sp³-hybridized carbons (Fsp3) is 0. The minimum absolute atomic E-state index is 0.337. The number of rotatable bonds is 3. The average Bonchev–Trinajstić information content (AvgIpc) is 2.35. The molecule has 0 unspecified atom stereocenters. The molecule has 0 aromatic heterocycles. The monoisotopic (exact) mass is 285 g/mol. The van der Waals surface area contributed by atoms with E-state index in [0.717, 1.165) is 12.1 Å². The summed E-state index contributed by atoms with van der Waals surface area (Å²) in [5.41, 5.74) is 3.37. The van der Waals surface area contributed by atoms with Crippen molar-refractivity contribution in [2.75, 3.05) is 0 Å². The van der Waals surface area contributed by atoms with E-state index in [0.29, 0.717) is 11.1 Å². The van der Waals surface area contributed by atoms with E-state index in [4.69, 9.17) is 11.6 Å². The molecule has 0 atom stereocenters. The molecule has 1 aromatic carbocycles. The van der Waals surface area contributed by atoms with E-state index < -0.39 is 37.8 Å². The van der Waals surface area contributed by atoms with Crippen LogP contribution in [0, 0.1) is 20.2 Å². The lowest BCUT2D eigenvalue weighted by molar-refractivity contribution is -0.394. The molecule has 1 rings (SSSR count). The first-order valence-corrected chi connectivity index (χ1v) is 4.98. The van der Waals surface area contributed by atoms with Gasteiger partial charge in [0.1, 0.15) is 5.56 Å². The molecule has 0 aliphatic heterocycles. The molecular formula is C8H7N5O5S. The lowest BCUT2D eigenvalue weighted by Gasteiger charge is -2.13. The van der Waals surface area contributed by atoms with Crippen LogP contribution in [0.25, 0.3) is 0 Å². The zero-order valence-corrected chi connectivity index (χ0v) is 9.99. The van der Waals surface area contributed by atoms with Crippen LogP contribution >= 0.6 is 12.2 Å². The third-order valence-corrected chi connectivity index (χ3v) is 2.27. The molecule has 0 bridgehead atoms. The molecular weight excluding hydrogens is 278 g/mol. The van der Waals surface area contributed by atoms with Crippen molar-refractivity contribution < 1.29 is 14.6 Å². The van der Waals surface area contributed by atoms with Crippen LogP contribution < -0.4 is 11.6 Å².